The molecule has 16 nitrogen and oxygen atoms in total. The van der Waals surface area contributed by atoms with Crippen LogP contribution in [0.25, 0.3) is 10.8 Å². The van der Waals surface area contributed by atoms with Crippen LogP contribution in [0, 0.1) is 5.92 Å². The van der Waals surface area contributed by atoms with Gasteiger partial charge in [-0.3, -0.25) is 19.2 Å². The van der Waals surface area contributed by atoms with Crippen LogP contribution in [0.4, 0.5) is 0 Å². The number of benzene rings is 3. The number of likely N-dealkylation sites (tertiary alicyclic amines) is 1. The molecule has 6 atom stereocenters. The molecule has 4 aromatic rings. The zero-order valence-corrected chi connectivity index (χ0v) is 31.8. The first-order valence-corrected chi connectivity index (χ1v) is 18.7. The van der Waals surface area contributed by atoms with Crippen molar-refractivity contribution in [1.82, 2.24) is 41.2 Å². The van der Waals surface area contributed by atoms with Crippen LogP contribution in [-0.4, -0.2) is 105 Å². The van der Waals surface area contributed by atoms with Gasteiger partial charge >= 0.3 is 5.97 Å². The van der Waals surface area contributed by atoms with Gasteiger partial charge in [-0.2, -0.15) is 0 Å². The summed E-state index contributed by atoms with van der Waals surface area (Å²) in [5.74, 6) is -3.44. The Labute approximate surface area is 324 Å². The number of carboxylic acid groups (broad SMARTS) is 1. The van der Waals surface area contributed by atoms with Crippen molar-refractivity contribution in [2.45, 2.75) is 83.1 Å². The molecule has 1 fully saturated rings. The van der Waals surface area contributed by atoms with Gasteiger partial charge in [-0.25, -0.2) is 9.48 Å². The van der Waals surface area contributed by atoms with Crippen LogP contribution in [-0.2, 0) is 48.3 Å². The Morgan fingerprint density at radius 3 is 2.54 bits per heavy atom. The zero-order chi connectivity index (χ0) is 39.9. The Hall–Kier alpha value is -5.87. The summed E-state index contributed by atoms with van der Waals surface area (Å²) in [4.78, 5) is 69.5. The van der Waals surface area contributed by atoms with Crippen molar-refractivity contribution in [3.8, 4) is 5.75 Å². The number of hydrogen-bond donors (Lipinski definition) is 5. The molecule has 296 valence electrons. The summed E-state index contributed by atoms with van der Waals surface area (Å²) < 4.78 is 13.6. The van der Waals surface area contributed by atoms with E-state index in [4.69, 9.17) is 9.47 Å². The van der Waals surface area contributed by atoms with E-state index in [9.17, 15) is 29.1 Å². The highest BCUT2D eigenvalue weighted by atomic mass is 16.5. The molecule has 1 saturated heterocycles. The number of ether oxygens (including phenoxy) is 2. The third-order valence-electron chi connectivity index (χ3n) is 10.2. The van der Waals surface area contributed by atoms with Gasteiger partial charge in [0.2, 0.25) is 23.6 Å². The first kappa shape index (κ1) is 39.8. The monoisotopic (exact) mass is 768 g/mol. The van der Waals surface area contributed by atoms with Crippen LogP contribution < -0.4 is 26.0 Å². The van der Waals surface area contributed by atoms with Crippen molar-refractivity contribution in [3.63, 3.8) is 0 Å². The van der Waals surface area contributed by atoms with Gasteiger partial charge in [0, 0.05) is 19.4 Å². The van der Waals surface area contributed by atoms with Crippen LogP contribution in [0.5, 0.6) is 5.75 Å². The Kier molecular flexibility index (Phi) is 12.6. The molecule has 1 aromatic heterocycles. The summed E-state index contributed by atoms with van der Waals surface area (Å²) in [6.45, 7) is 5.17. The molecular formula is C40H48N8O8. The fourth-order valence-electron chi connectivity index (χ4n) is 6.86. The number of aromatic nitrogens is 3. The van der Waals surface area contributed by atoms with E-state index >= 15 is 0 Å². The van der Waals surface area contributed by atoms with Gasteiger partial charge in [-0.1, -0.05) is 67.6 Å². The molecule has 0 aliphatic carbocycles. The maximum absolute atomic E-state index is 14.4. The smallest absolute Gasteiger partial charge is 0.326 e. The Bertz CT molecular complexity index is 2070. The molecule has 2 aliphatic rings. The van der Waals surface area contributed by atoms with Crippen LogP contribution in [0.1, 0.15) is 50.1 Å². The zero-order valence-electron chi connectivity index (χ0n) is 31.8. The van der Waals surface area contributed by atoms with E-state index in [1.807, 2.05) is 42.5 Å². The Balaban J connectivity index is 1.31. The molecule has 3 aromatic carbocycles. The van der Waals surface area contributed by atoms with Crippen LogP contribution in [0.2, 0.25) is 0 Å². The van der Waals surface area contributed by atoms with Gasteiger partial charge in [-0.05, 0) is 60.0 Å². The lowest BCUT2D eigenvalue weighted by Crippen LogP contribution is -2.59. The van der Waals surface area contributed by atoms with Crippen molar-refractivity contribution < 1.29 is 38.6 Å². The number of hydrogen-bond acceptors (Lipinski definition) is 10. The maximum atomic E-state index is 14.4. The maximum Gasteiger partial charge on any atom is 0.326 e. The number of aliphatic carboxylic acids is 1. The van der Waals surface area contributed by atoms with E-state index < -0.39 is 59.9 Å². The average molecular weight is 769 g/mol. The van der Waals surface area contributed by atoms with Crippen LogP contribution >= 0.6 is 0 Å². The largest absolute Gasteiger partial charge is 0.487 e. The summed E-state index contributed by atoms with van der Waals surface area (Å²) in [6, 6.07) is 14.7. The van der Waals surface area contributed by atoms with E-state index in [1.165, 1.54) is 4.90 Å². The number of fused-ring (bicyclic) bond motifs is 8. The first-order chi connectivity index (χ1) is 26.9. The number of nitrogens with zero attached hydrogens (tertiary/aromatic N) is 4. The van der Waals surface area contributed by atoms with Gasteiger partial charge in [0.15, 0.2) is 0 Å². The molecule has 56 heavy (non-hydrogen) atoms. The molecule has 16 heteroatoms. The standard InChI is InChI=1S/C40H48N8O8/c1-23(2)35(44-36(49)24(3)41-4)39(52)47-19-30-17-34(47)38(51)43-33(22-55-20-26-12-13-27-9-5-6-10-28(27)14-26)37(50)42-32(40(53)54)16-25-8-7-11-31(15-25)56-21-29-18-48(30)46-45-29/h5-15,18,23-24,30,32-35,41H,16-17,19-22H2,1-4H3,(H,42,50)(H,43,51)(H,44,49)(H,53,54)/t24-,30-,32-,33-,34-,35-/m0/s1. The molecule has 6 rings (SSSR count). The summed E-state index contributed by atoms with van der Waals surface area (Å²) >= 11 is 0. The van der Waals surface area contributed by atoms with E-state index in [0.717, 1.165) is 16.3 Å². The van der Waals surface area contributed by atoms with E-state index in [-0.39, 0.29) is 51.0 Å². The molecule has 0 spiro atoms. The fraction of sp³-hybridized carbons (Fsp3) is 0.425. The second-order valence-corrected chi connectivity index (χ2v) is 14.6. The molecule has 0 radical (unpaired) electrons. The van der Waals surface area contributed by atoms with Crippen molar-refractivity contribution in [3.05, 3.63) is 89.7 Å². The third-order valence-corrected chi connectivity index (χ3v) is 10.2. The highest BCUT2D eigenvalue weighted by Crippen LogP contribution is 2.29. The third kappa shape index (κ3) is 9.49. The quantitative estimate of drug-likeness (QED) is 0.157. The predicted molar refractivity (Wildman–Crippen MR) is 204 cm³/mol. The van der Waals surface area contributed by atoms with E-state index in [1.54, 1.807) is 63.0 Å². The van der Waals surface area contributed by atoms with Gasteiger partial charge < -0.3 is 40.7 Å². The molecule has 4 amide bonds. The molecule has 0 unspecified atom stereocenters. The minimum atomic E-state index is -1.36. The van der Waals surface area contributed by atoms with E-state index in [2.05, 4.69) is 31.6 Å². The molecule has 3 heterocycles. The molecule has 2 aliphatic heterocycles. The molecule has 5 N–H and O–H groups in total. The number of nitrogens with one attached hydrogen (secondary N) is 4. The van der Waals surface area contributed by atoms with Crippen molar-refractivity contribution in [2.75, 3.05) is 20.2 Å². The van der Waals surface area contributed by atoms with E-state index in [0.29, 0.717) is 17.0 Å². The molecular weight excluding hydrogens is 720 g/mol. The fourth-order valence-corrected chi connectivity index (χ4v) is 6.86. The van der Waals surface area contributed by atoms with Gasteiger partial charge in [0.25, 0.3) is 0 Å². The lowest BCUT2D eigenvalue weighted by atomic mass is 10.0. The topological polar surface area (TPSA) is 206 Å². The lowest BCUT2D eigenvalue weighted by molar-refractivity contribution is -0.144. The van der Waals surface area contributed by atoms with Crippen LogP contribution in [0.15, 0.2) is 72.9 Å². The van der Waals surface area contributed by atoms with Crippen molar-refractivity contribution in [1.29, 1.82) is 0 Å². The number of likely N-dealkylation sites (N-methyl/N-ethyl adjacent to an activating group) is 1. The molecule has 6 bridgehead atoms. The minimum absolute atomic E-state index is 0.0494. The summed E-state index contributed by atoms with van der Waals surface area (Å²) in [5, 5.41) is 31.9. The summed E-state index contributed by atoms with van der Waals surface area (Å²) in [7, 11) is 1.64. The number of carboxylic acids is 1. The SMILES string of the molecule is CN[C@@H](C)C(=O)N[C@H](C(=O)N1C[C@@H]2C[C@H]1C(=O)N[C@@H](COCc1ccc3ccccc3c1)C(=O)N[C@H](C(=O)O)Cc1cccc(c1)OCc1cn2nn1)C(C)C. The second-order valence-electron chi connectivity index (χ2n) is 14.6. The number of carbonyl (C=O) groups is 5. The van der Waals surface area contributed by atoms with Gasteiger partial charge in [-0.15, -0.1) is 5.10 Å². The minimum Gasteiger partial charge on any atom is -0.487 e. The number of amides is 4. The normalized spacial score (nSPS) is 21.3. The highest BCUT2D eigenvalue weighted by molar-refractivity contribution is 5.96. The summed E-state index contributed by atoms with van der Waals surface area (Å²) in [6.07, 6.45) is 1.72. The second kappa shape index (κ2) is 17.7. The first-order valence-electron chi connectivity index (χ1n) is 18.7. The van der Waals surface area contributed by atoms with Gasteiger partial charge in [0.05, 0.1) is 31.5 Å². The number of rotatable bonds is 10. The van der Waals surface area contributed by atoms with Crippen LogP contribution in [0.3, 0.4) is 0 Å². The van der Waals surface area contributed by atoms with Crippen molar-refractivity contribution in [2.24, 2.45) is 5.92 Å². The average Bonchev–Trinajstić information content (AvgIpc) is 3.85. The summed E-state index contributed by atoms with van der Waals surface area (Å²) in [5.41, 5.74) is 1.92. The van der Waals surface area contributed by atoms with Gasteiger partial charge in [0.1, 0.15) is 42.2 Å². The Morgan fingerprint density at radius 1 is 1.00 bits per heavy atom. The highest BCUT2D eigenvalue weighted by Gasteiger charge is 2.45. The van der Waals surface area contributed by atoms with Crippen molar-refractivity contribution >= 4 is 40.4 Å². The Morgan fingerprint density at radius 2 is 1.79 bits per heavy atom. The molecule has 0 saturated carbocycles. The number of carbonyl (C=O) groups excluding carboxylic acids is 4. The predicted octanol–water partition coefficient (Wildman–Crippen LogP) is 1.73. The lowest BCUT2D eigenvalue weighted by Gasteiger charge is -2.31.